The van der Waals surface area contributed by atoms with Gasteiger partial charge >= 0.3 is 0 Å². The van der Waals surface area contributed by atoms with Crippen LogP contribution in [0.2, 0.25) is 4.34 Å². The van der Waals surface area contributed by atoms with Crippen LogP contribution in [0.5, 0.6) is 0 Å². The Bertz CT molecular complexity index is 345. The van der Waals surface area contributed by atoms with E-state index in [1.54, 1.807) is 11.3 Å². The second-order valence-electron chi connectivity index (χ2n) is 4.74. The van der Waals surface area contributed by atoms with E-state index < -0.39 is 0 Å². The molecule has 1 fully saturated rings. The largest absolute Gasteiger partial charge is 0.311 e. The summed E-state index contributed by atoms with van der Waals surface area (Å²) in [5.41, 5.74) is 0.395. The third-order valence-corrected chi connectivity index (χ3v) is 5.18. The lowest BCUT2D eigenvalue weighted by Crippen LogP contribution is -2.47. The van der Waals surface area contributed by atoms with Crippen molar-refractivity contribution in [3.63, 3.8) is 0 Å². The molecule has 1 atom stereocenters. The Balaban J connectivity index is 2.41. The van der Waals surface area contributed by atoms with Crippen LogP contribution in [0, 0.1) is 0 Å². The Morgan fingerprint density at radius 3 is 2.50 bits per heavy atom. The molecular formula is C11H16ClNS. The summed E-state index contributed by atoms with van der Waals surface area (Å²) in [7, 11) is 0. The SMILES string of the molecule is CC1(C)NCCC1(C)c1ccc(Cl)s1. The lowest BCUT2D eigenvalue weighted by Gasteiger charge is -2.37. The van der Waals surface area contributed by atoms with Gasteiger partial charge in [-0.15, -0.1) is 11.3 Å². The van der Waals surface area contributed by atoms with Gasteiger partial charge in [-0.25, -0.2) is 0 Å². The quantitative estimate of drug-likeness (QED) is 0.778. The van der Waals surface area contributed by atoms with Crippen molar-refractivity contribution in [3.05, 3.63) is 21.3 Å². The van der Waals surface area contributed by atoms with Crippen molar-refractivity contribution in [3.8, 4) is 0 Å². The molecular weight excluding hydrogens is 214 g/mol. The van der Waals surface area contributed by atoms with Crippen LogP contribution in [0.4, 0.5) is 0 Å². The normalized spacial score (nSPS) is 30.9. The minimum Gasteiger partial charge on any atom is -0.311 e. The molecule has 14 heavy (non-hydrogen) atoms. The summed E-state index contributed by atoms with van der Waals surface area (Å²) in [6, 6.07) is 4.17. The zero-order valence-corrected chi connectivity index (χ0v) is 10.4. The van der Waals surface area contributed by atoms with Gasteiger partial charge in [0.05, 0.1) is 4.34 Å². The fourth-order valence-electron chi connectivity index (χ4n) is 2.17. The summed E-state index contributed by atoms with van der Waals surface area (Å²) in [5.74, 6) is 0. The molecule has 1 N–H and O–H groups in total. The van der Waals surface area contributed by atoms with E-state index in [-0.39, 0.29) is 11.0 Å². The van der Waals surface area contributed by atoms with Gasteiger partial charge in [0.15, 0.2) is 0 Å². The predicted molar refractivity (Wildman–Crippen MR) is 63.4 cm³/mol. The van der Waals surface area contributed by atoms with Crippen LogP contribution in [0.3, 0.4) is 0 Å². The van der Waals surface area contributed by atoms with Gasteiger partial charge in [-0.3, -0.25) is 0 Å². The van der Waals surface area contributed by atoms with Crippen LogP contribution in [-0.2, 0) is 5.41 Å². The maximum absolute atomic E-state index is 5.99. The maximum Gasteiger partial charge on any atom is 0.0931 e. The van der Waals surface area contributed by atoms with Gasteiger partial charge in [-0.05, 0) is 38.9 Å². The highest BCUT2D eigenvalue weighted by Crippen LogP contribution is 2.45. The molecule has 2 heterocycles. The third kappa shape index (κ3) is 1.40. The minimum absolute atomic E-state index is 0.168. The average Bonchev–Trinajstić information content (AvgIpc) is 2.60. The summed E-state index contributed by atoms with van der Waals surface area (Å²) in [6.07, 6.45) is 1.19. The number of thiophene rings is 1. The first-order chi connectivity index (χ1) is 6.46. The van der Waals surface area contributed by atoms with Crippen molar-refractivity contribution in [2.24, 2.45) is 0 Å². The topological polar surface area (TPSA) is 12.0 Å². The Morgan fingerprint density at radius 2 is 2.07 bits per heavy atom. The first-order valence-corrected chi connectivity index (χ1v) is 6.16. The van der Waals surface area contributed by atoms with Crippen LogP contribution < -0.4 is 5.32 Å². The van der Waals surface area contributed by atoms with Gasteiger partial charge in [0.25, 0.3) is 0 Å². The highest BCUT2D eigenvalue weighted by molar-refractivity contribution is 7.16. The molecule has 2 rings (SSSR count). The molecule has 0 radical (unpaired) electrons. The molecule has 1 aliphatic rings. The van der Waals surface area contributed by atoms with E-state index >= 15 is 0 Å². The maximum atomic E-state index is 5.99. The highest BCUT2D eigenvalue weighted by Gasteiger charge is 2.46. The van der Waals surface area contributed by atoms with E-state index in [9.17, 15) is 0 Å². The predicted octanol–water partition coefficient (Wildman–Crippen LogP) is 3.43. The molecule has 0 aliphatic carbocycles. The fourth-order valence-corrected chi connectivity index (χ4v) is 3.55. The minimum atomic E-state index is 0.168. The first-order valence-electron chi connectivity index (χ1n) is 4.97. The number of hydrogen-bond acceptors (Lipinski definition) is 2. The summed E-state index contributed by atoms with van der Waals surface area (Å²) in [6.45, 7) is 7.97. The van der Waals surface area contributed by atoms with E-state index in [2.05, 4.69) is 32.2 Å². The van der Waals surface area contributed by atoms with Gasteiger partial charge in [0.1, 0.15) is 0 Å². The molecule has 0 amide bonds. The lowest BCUT2D eigenvalue weighted by molar-refractivity contribution is 0.302. The Morgan fingerprint density at radius 1 is 1.36 bits per heavy atom. The zero-order valence-electron chi connectivity index (χ0n) is 8.86. The molecule has 78 valence electrons. The molecule has 0 spiro atoms. The van der Waals surface area contributed by atoms with Crippen LogP contribution >= 0.6 is 22.9 Å². The number of halogens is 1. The van der Waals surface area contributed by atoms with Crippen molar-refractivity contribution < 1.29 is 0 Å². The van der Waals surface area contributed by atoms with Crippen molar-refractivity contribution >= 4 is 22.9 Å². The molecule has 1 unspecified atom stereocenters. The molecule has 1 aromatic rings. The Kier molecular flexibility index (Phi) is 2.41. The molecule has 1 aromatic heterocycles. The smallest absolute Gasteiger partial charge is 0.0931 e. The number of nitrogens with one attached hydrogen (secondary N) is 1. The first kappa shape index (κ1) is 10.5. The zero-order chi connectivity index (χ0) is 10.4. The van der Waals surface area contributed by atoms with E-state index in [4.69, 9.17) is 11.6 Å². The van der Waals surface area contributed by atoms with Crippen LogP contribution in [0.15, 0.2) is 12.1 Å². The third-order valence-electron chi connectivity index (χ3n) is 3.69. The number of hydrogen-bond donors (Lipinski definition) is 1. The fraction of sp³-hybridized carbons (Fsp3) is 0.636. The average molecular weight is 230 g/mol. The van der Waals surface area contributed by atoms with Gasteiger partial charge < -0.3 is 5.32 Å². The van der Waals surface area contributed by atoms with Gasteiger partial charge in [-0.1, -0.05) is 18.5 Å². The van der Waals surface area contributed by atoms with Crippen LogP contribution in [0.1, 0.15) is 32.1 Å². The van der Waals surface area contributed by atoms with E-state index in [1.165, 1.54) is 11.3 Å². The van der Waals surface area contributed by atoms with Gasteiger partial charge in [-0.2, -0.15) is 0 Å². The summed E-state index contributed by atoms with van der Waals surface area (Å²) < 4.78 is 0.893. The Hall–Kier alpha value is -0.0500. The second kappa shape index (κ2) is 3.22. The van der Waals surface area contributed by atoms with Gasteiger partial charge in [0.2, 0.25) is 0 Å². The molecule has 0 bridgehead atoms. The van der Waals surface area contributed by atoms with Crippen LogP contribution in [-0.4, -0.2) is 12.1 Å². The van der Waals surface area contributed by atoms with Crippen LogP contribution in [0.25, 0.3) is 0 Å². The molecule has 0 saturated carbocycles. The Labute approximate surface area is 94.5 Å². The van der Waals surface area contributed by atoms with Crippen molar-refractivity contribution in [1.29, 1.82) is 0 Å². The number of rotatable bonds is 1. The second-order valence-corrected chi connectivity index (χ2v) is 6.45. The molecule has 1 aliphatic heterocycles. The molecule has 0 aromatic carbocycles. The molecule has 3 heteroatoms. The van der Waals surface area contributed by atoms with Crippen molar-refractivity contribution in [2.45, 2.75) is 38.1 Å². The lowest BCUT2D eigenvalue weighted by atomic mass is 9.73. The molecule has 1 nitrogen and oxygen atoms in total. The summed E-state index contributed by atoms with van der Waals surface area (Å²) in [5, 5.41) is 3.56. The van der Waals surface area contributed by atoms with E-state index in [1.807, 2.05) is 6.07 Å². The highest BCUT2D eigenvalue weighted by atomic mass is 35.5. The van der Waals surface area contributed by atoms with E-state index in [0.717, 1.165) is 10.9 Å². The summed E-state index contributed by atoms with van der Waals surface area (Å²) >= 11 is 7.70. The van der Waals surface area contributed by atoms with Crippen molar-refractivity contribution in [1.82, 2.24) is 5.32 Å². The monoisotopic (exact) mass is 229 g/mol. The molecule has 1 saturated heterocycles. The van der Waals surface area contributed by atoms with Crippen molar-refractivity contribution in [2.75, 3.05) is 6.54 Å². The summed E-state index contributed by atoms with van der Waals surface area (Å²) in [4.78, 5) is 1.40. The van der Waals surface area contributed by atoms with Gasteiger partial charge in [0, 0.05) is 15.8 Å². The van der Waals surface area contributed by atoms with E-state index in [0.29, 0.717) is 0 Å². The standard InChI is InChI=1S/C11H16ClNS/c1-10(2)11(3,6-7-13-10)8-4-5-9(12)14-8/h4-5,13H,6-7H2,1-3H3.